The highest BCUT2D eigenvalue weighted by molar-refractivity contribution is 6.12. The molecule has 1 spiro atoms. The van der Waals surface area contributed by atoms with E-state index in [0.717, 1.165) is 35.7 Å². The van der Waals surface area contributed by atoms with Gasteiger partial charge in [0.2, 0.25) is 5.91 Å². The van der Waals surface area contributed by atoms with Crippen molar-refractivity contribution in [2.75, 3.05) is 24.5 Å². The lowest BCUT2D eigenvalue weighted by molar-refractivity contribution is -0.124. The first-order valence-corrected chi connectivity index (χ1v) is 7.76. The van der Waals surface area contributed by atoms with Gasteiger partial charge in [-0.15, -0.1) is 0 Å². The Labute approximate surface area is 131 Å². The van der Waals surface area contributed by atoms with E-state index in [0.29, 0.717) is 6.54 Å². The number of fused-ring (bicyclic) bond motifs is 2. The van der Waals surface area contributed by atoms with Crippen molar-refractivity contribution in [1.29, 1.82) is 0 Å². The number of hydrogen-bond donors (Lipinski definition) is 1. The van der Waals surface area contributed by atoms with Crippen LogP contribution in [0.3, 0.4) is 0 Å². The highest BCUT2D eigenvalue weighted by Crippen LogP contribution is 2.43. The molecule has 2 aliphatic heterocycles. The average molecular weight is 297 g/mol. The van der Waals surface area contributed by atoms with Crippen LogP contribution in [0.15, 0.2) is 40.5 Å². The van der Waals surface area contributed by atoms with Crippen LogP contribution in [0.2, 0.25) is 0 Å². The molecule has 1 saturated heterocycles. The number of allylic oxidation sites excluding steroid dienone is 2. The Hall–Kier alpha value is -1.94. The largest absolute Gasteiger partial charge is 0.314 e. The number of aliphatic imine (C=N–C) groups is 1. The molecule has 0 saturated carbocycles. The standard InChI is InChI=1S/C18H23N3O/c1-12(2)14(4)20-13(3)9-21-16-8-6-5-7-15(16)18(17(21)22)10-19-11-18/h5-8,19H,9-11H2,1-4H3. The maximum atomic E-state index is 12.9. The Bertz CT molecular complexity index is 679. The normalized spacial score (nSPS) is 19.2. The minimum Gasteiger partial charge on any atom is -0.314 e. The number of anilines is 1. The summed E-state index contributed by atoms with van der Waals surface area (Å²) in [5, 5.41) is 3.25. The minimum atomic E-state index is -0.345. The number of nitrogens with zero attached hydrogens (tertiary/aromatic N) is 2. The van der Waals surface area contributed by atoms with Crippen molar-refractivity contribution in [3.63, 3.8) is 0 Å². The van der Waals surface area contributed by atoms with E-state index in [2.05, 4.69) is 30.2 Å². The quantitative estimate of drug-likeness (QED) is 0.872. The third-order valence-corrected chi connectivity index (χ3v) is 4.69. The smallest absolute Gasteiger partial charge is 0.240 e. The van der Waals surface area contributed by atoms with Gasteiger partial charge < -0.3 is 10.2 Å². The van der Waals surface area contributed by atoms with Crippen LogP contribution in [0.4, 0.5) is 5.69 Å². The van der Waals surface area contributed by atoms with Crippen molar-refractivity contribution in [3.8, 4) is 0 Å². The van der Waals surface area contributed by atoms with E-state index in [1.165, 1.54) is 5.57 Å². The van der Waals surface area contributed by atoms with Gasteiger partial charge >= 0.3 is 0 Å². The highest BCUT2D eigenvalue weighted by atomic mass is 16.2. The van der Waals surface area contributed by atoms with E-state index >= 15 is 0 Å². The summed E-state index contributed by atoms with van der Waals surface area (Å²) < 4.78 is 0. The molecule has 3 rings (SSSR count). The molecule has 0 atom stereocenters. The second kappa shape index (κ2) is 5.36. The molecule has 1 N–H and O–H groups in total. The molecule has 2 aliphatic rings. The van der Waals surface area contributed by atoms with Crippen molar-refractivity contribution in [1.82, 2.24) is 5.32 Å². The molecule has 116 valence electrons. The molecular weight excluding hydrogens is 274 g/mol. The van der Waals surface area contributed by atoms with Crippen molar-refractivity contribution < 1.29 is 4.79 Å². The van der Waals surface area contributed by atoms with Crippen molar-refractivity contribution >= 4 is 17.3 Å². The molecule has 1 fully saturated rings. The van der Waals surface area contributed by atoms with Gasteiger partial charge in [-0.25, -0.2) is 0 Å². The number of amides is 1. The third kappa shape index (κ3) is 2.18. The fraction of sp³-hybridized carbons (Fsp3) is 0.444. The summed E-state index contributed by atoms with van der Waals surface area (Å²) in [4.78, 5) is 19.5. The second-order valence-corrected chi connectivity index (χ2v) is 6.53. The van der Waals surface area contributed by atoms with Gasteiger partial charge in [0.15, 0.2) is 0 Å². The summed E-state index contributed by atoms with van der Waals surface area (Å²) in [6.45, 7) is 10.1. The fourth-order valence-electron chi connectivity index (χ4n) is 3.13. The van der Waals surface area contributed by atoms with Gasteiger partial charge in [0, 0.05) is 30.2 Å². The second-order valence-electron chi connectivity index (χ2n) is 6.53. The Morgan fingerprint density at radius 1 is 1.23 bits per heavy atom. The van der Waals surface area contributed by atoms with Gasteiger partial charge in [-0.2, -0.15) is 0 Å². The first-order chi connectivity index (χ1) is 10.5. The fourth-order valence-corrected chi connectivity index (χ4v) is 3.13. The van der Waals surface area contributed by atoms with Gasteiger partial charge in [0.1, 0.15) is 5.41 Å². The van der Waals surface area contributed by atoms with E-state index in [1.54, 1.807) is 0 Å². The summed E-state index contributed by atoms with van der Waals surface area (Å²) in [7, 11) is 0. The Morgan fingerprint density at radius 3 is 2.50 bits per heavy atom. The molecule has 0 radical (unpaired) electrons. The molecule has 4 nitrogen and oxygen atoms in total. The van der Waals surface area contributed by atoms with Crippen LogP contribution in [0.25, 0.3) is 0 Å². The molecule has 0 unspecified atom stereocenters. The minimum absolute atomic E-state index is 0.205. The van der Waals surface area contributed by atoms with E-state index in [1.807, 2.05) is 36.9 Å². The molecule has 0 aromatic heterocycles. The monoisotopic (exact) mass is 297 g/mol. The summed E-state index contributed by atoms with van der Waals surface area (Å²) in [5.74, 6) is 0.205. The van der Waals surface area contributed by atoms with Crippen molar-refractivity contribution in [3.05, 3.63) is 41.1 Å². The van der Waals surface area contributed by atoms with Crippen molar-refractivity contribution in [2.24, 2.45) is 4.99 Å². The number of para-hydroxylation sites is 1. The molecule has 1 amide bonds. The lowest BCUT2D eigenvalue weighted by atomic mass is 9.76. The maximum absolute atomic E-state index is 12.9. The average Bonchev–Trinajstić information content (AvgIpc) is 2.68. The van der Waals surface area contributed by atoms with E-state index in [-0.39, 0.29) is 11.3 Å². The molecule has 2 heterocycles. The molecule has 1 aromatic carbocycles. The van der Waals surface area contributed by atoms with Gasteiger partial charge in [0.25, 0.3) is 0 Å². The lowest BCUT2D eigenvalue weighted by Gasteiger charge is -2.38. The maximum Gasteiger partial charge on any atom is 0.240 e. The Kier molecular flexibility index (Phi) is 3.65. The number of nitrogens with one attached hydrogen (secondary N) is 1. The summed E-state index contributed by atoms with van der Waals surface area (Å²) >= 11 is 0. The van der Waals surface area contributed by atoms with Crippen LogP contribution in [0.5, 0.6) is 0 Å². The summed E-state index contributed by atoms with van der Waals surface area (Å²) in [6, 6.07) is 8.14. The zero-order chi connectivity index (χ0) is 15.9. The zero-order valence-corrected chi connectivity index (χ0v) is 13.7. The molecule has 1 aromatic rings. The van der Waals surface area contributed by atoms with E-state index in [4.69, 9.17) is 0 Å². The molecular formula is C18H23N3O. The molecule has 0 aliphatic carbocycles. The van der Waals surface area contributed by atoms with E-state index in [9.17, 15) is 4.79 Å². The van der Waals surface area contributed by atoms with Crippen LogP contribution in [-0.4, -0.2) is 31.3 Å². The first-order valence-electron chi connectivity index (χ1n) is 7.76. The summed E-state index contributed by atoms with van der Waals surface area (Å²) in [5.41, 5.74) is 5.04. The van der Waals surface area contributed by atoms with Crippen LogP contribution < -0.4 is 10.2 Å². The molecule has 22 heavy (non-hydrogen) atoms. The number of hydrogen-bond acceptors (Lipinski definition) is 3. The third-order valence-electron chi connectivity index (χ3n) is 4.69. The molecule has 0 bridgehead atoms. The predicted molar refractivity (Wildman–Crippen MR) is 90.5 cm³/mol. The highest BCUT2D eigenvalue weighted by Gasteiger charge is 2.54. The number of carbonyl (C=O) groups is 1. The summed E-state index contributed by atoms with van der Waals surface area (Å²) in [6.07, 6.45) is 0. The SMILES string of the molecule is CC(CN1C(=O)C2(CNC2)c2ccccc21)=NC(C)=C(C)C. The van der Waals surface area contributed by atoms with Crippen LogP contribution in [0, 0.1) is 0 Å². The number of rotatable bonds is 3. The van der Waals surface area contributed by atoms with Gasteiger partial charge in [0.05, 0.1) is 6.54 Å². The topological polar surface area (TPSA) is 44.7 Å². The Balaban J connectivity index is 1.92. The van der Waals surface area contributed by atoms with Crippen LogP contribution >= 0.6 is 0 Å². The molecule has 4 heteroatoms. The van der Waals surface area contributed by atoms with Gasteiger partial charge in [-0.3, -0.25) is 9.79 Å². The number of benzene rings is 1. The predicted octanol–water partition coefficient (Wildman–Crippen LogP) is 2.65. The first kappa shape index (κ1) is 15.0. The van der Waals surface area contributed by atoms with Crippen LogP contribution in [-0.2, 0) is 10.2 Å². The van der Waals surface area contributed by atoms with E-state index < -0.39 is 0 Å². The van der Waals surface area contributed by atoms with Crippen molar-refractivity contribution in [2.45, 2.75) is 33.1 Å². The zero-order valence-electron chi connectivity index (χ0n) is 13.7. The van der Waals surface area contributed by atoms with Gasteiger partial charge in [-0.1, -0.05) is 23.8 Å². The lowest BCUT2D eigenvalue weighted by Crippen LogP contribution is -2.62. The van der Waals surface area contributed by atoms with Crippen LogP contribution in [0.1, 0.15) is 33.3 Å². The Morgan fingerprint density at radius 2 is 1.91 bits per heavy atom. The van der Waals surface area contributed by atoms with Gasteiger partial charge in [-0.05, 0) is 39.3 Å². The number of carbonyl (C=O) groups excluding carboxylic acids is 1.